The number of carbonyl (C=O) groups excluding carboxylic acids is 2. The van der Waals surface area contributed by atoms with Gasteiger partial charge in [-0.3, -0.25) is 4.79 Å². The lowest BCUT2D eigenvalue weighted by molar-refractivity contribution is 0.100. The highest BCUT2D eigenvalue weighted by atomic mass is 16.2. The molecule has 0 spiro atoms. The van der Waals surface area contributed by atoms with Gasteiger partial charge < -0.3 is 16.4 Å². The van der Waals surface area contributed by atoms with Crippen LogP contribution in [0.15, 0.2) is 36.5 Å². The smallest absolute Gasteiger partial charge is 0.323 e. The lowest BCUT2D eigenvalue weighted by Gasteiger charge is -2.05. The largest absolute Gasteiger partial charge is 0.366 e. The van der Waals surface area contributed by atoms with E-state index >= 15 is 0 Å². The van der Waals surface area contributed by atoms with Gasteiger partial charge in [0.05, 0.1) is 0 Å². The van der Waals surface area contributed by atoms with Crippen molar-refractivity contribution in [3.8, 4) is 0 Å². The topological polar surface area (TPSA) is 84.2 Å². The summed E-state index contributed by atoms with van der Waals surface area (Å²) in [5, 5.41) is 5.21. The van der Waals surface area contributed by atoms with Crippen LogP contribution >= 0.6 is 0 Å². The van der Waals surface area contributed by atoms with Crippen LogP contribution in [0.2, 0.25) is 0 Å². The standard InChI is InChI=1S/C13H17N3O2/c1-9(2)7-8-15-13(18)16-11-5-3-10(4-6-11)12(14)17/h3-9H,1-2H3,(H2,14,17)(H2,15,16,18)/b8-7+. The molecular formula is C13H17N3O2. The van der Waals surface area contributed by atoms with Gasteiger partial charge in [0.2, 0.25) is 5.91 Å². The van der Waals surface area contributed by atoms with Crippen molar-refractivity contribution in [1.29, 1.82) is 0 Å². The van der Waals surface area contributed by atoms with E-state index in [1.165, 1.54) is 0 Å². The third-order valence-electron chi connectivity index (χ3n) is 2.12. The highest BCUT2D eigenvalue weighted by Gasteiger charge is 2.02. The first kappa shape index (κ1) is 13.8. The fourth-order valence-electron chi connectivity index (χ4n) is 1.20. The van der Waals surface area contributed by atoms with E-state index in [0.29, 0.717) is 17.2 Å². The summed E-state index contributed by atoms with van der Waals surface area (Å²) in [7, 11) is 0. The molecule has 0 saturated heterocycles. The van der Waals surface area contributed by atoms with E-state index in [0.717, 1.165) is 0 Å². The quantitative estimate of drug-likeness (QED) is 0.761. The van der Waals surface area contributed by atoms with Gasteiger partial charge in [-0.15, -0.1) is 0 Å². The predicted octanol–water partition coefficient (Wildman–Crippen LogP) is 2.08. The molecule has 0 heterocycles. The number of urea groups is 1. The molecule has 1 aromatic rings. The molecule has 0 aromatic heterocycles. The Bertz CT molecular complexity index is 450. The molecule has 0 unspecified atom stereocenters. The fraction of sp³-hybridized carbons (Fsp3) is 0.231. The van der Waals surface area contributed by atoms with E-state index in [9.17, 15) is 9.59 Å². The number of rotatable bonds is 4. The van der Waals surface area contributed by atoms with E-state index in [4.69, 9.17) is 5.73 Å². The number of allylic oxidation sites excluding steroid dienone is 1. The van der Waals surface area contributed by atoms with Crippen LogP contribution in [0.3, 0.4) is 0 Å². The lowest BCUT2D eigenvalue weighted by Crippen LogP contribution is -2.24. The first-order chi connectivity index (χ1) is 8.49. The molecule has 0 aliphatic rings. The first-order valence-electron chi connectivity index (χ1n) is 5.63. The van der Waals surface area contributed by atoms with Crippen molar-refractivity contribution in [2.24, 2.45) is 11.7 Å². The number of amides is 3. The summed E-state index contributed by atoms with van der Waals surface area (Å²) in [6, 6.07) is 6.01. The van der Waals surface area contributed by atoms with Gasteiger partial charge in [-0.1, -0.05) is 19.9 Å². The Morgan fingerprint density at radius 1 is 1.22 bits per heavy atom. The second-order valence-electron chi connectivity index (χ2n) is 4.14. The molecule has 5 nitrogen and oxygen atoms in total. The van der Waals surface area contributed by atoms with E-state index < -0.39 is 5.91 Å². The highest BCUT2D eigenvalue weighted by Crippen LogP contribution is 2.08. The van der Waals surface area contributed by atoms with Crippen molar-refractivity contribution in [3.63, 3.8) is 0 Å². The van der Waals surface area contributed by atoms with Crippen LogP contribution in [0.1, 0.15) is 24.2 Å². The van der Waals surface area contributed by atoms with Crippen molar-refractivity contribution in [2.45, 2.75) is 13.8 Å². The summed E-state index contributed by atoms with van der Waals surface area (Å²) in [5.74, 6) is -0.119. The molecule has 3 amide bonds. The van der Waals surface area contributed by atoms with Gasteiger partial charge in [-0.2, -0.15) is 0 Å². The number of carbonyl (C=O) groups is 2. The van der Waals surface area contributed by atoms with Crippen LogP contribution in [0.5, 0.6) is 0 Å². The summed E-state index contributed by atoms with van der Waals surface area (Å²) >= 11 is 0. The number of hydrogen-bond donors (Lipinski definition) is 3. The minimum Gasteiger partial charge on any atom is -0.366 e. The van der Waals surface area contributed by atoms with E-state index in [2.05, 4.69) is 10.6 Å². The zero-order chi connectivity index (χ0) is 13.5. The third kappa shape index (κ3) is 4.69. The van der Waals surface area contributed by atoms with Gasteiger partial charge in [0.15, 0.2) is 0 Å². The minimum atomic E-state index is -0.495. The zero-order valence-electron chi connectivity index (χ0n) is 10.4. The molecule has 0 bridgehead atoms. The highest BCUT2D eigenvalue weighted by molar-refractivity contribution is 5.94. The average Bonchev–Trinajstić information content (AvgIpc) is 2.29. The fourth-order valence-corrected chi connectivity index (χ4v) is 1.20. The molecule has 1 aromatic carbocycles. The Balaban J connectivity index is 2.52. The molecule has 0 atom stereocenters. The molecule has 18 heavy (non-hydrogen) atoms. The molecule has 4 N–H and O–H groups in total. The van der Waals surface area contributed by atoms with Crippen LogP contribution < -0.4 is 16.4 Å². The number of primary amides is 1. The SMILES string of the molecule is CC(C)/C=C/NC(=O)Nc1ccc(C(N)=O)cc1. The number of nitrogens with one attached hydrogen (secondary N) is 2. The summed E-state index contributed by atoms with van der Waals surface area (Å²) in [4.78, 5) is 22.3. The molecule has 5 heteroatoms. The first-order valence-corrected chi connectivity index (χ1v) is 5.63. The van der Waals surface area contributed by atoms with E-state index in [-0.39, 0.29) is 6.03 Å². The normalized spacial score (nSPS) is 10.6. The van der Waals surface area contributed by atoms with Crippen LogP contribution in [0.25, 0.3) is 0 Å². The zero-order valence-corrected chi connectivity index (χ0v) is 10.4. The monoisotopic (exact) mass is 247 g/mol. The molecule has 0 aliphatic carbocycles. The maximum atomic E-state index is 11.4. The van der Waals surface area contributed by atoms with Crippen LogP contribution in [0.4, 0.5) is 10.5 Å². The van der Waals surface area contributed by atoms with Crippen LogP contribution in [-0.4, -0.2) is 11.9 Å². The Kier molecular flexibility index (Phi) is 4.92. The van der Waals surface area contributed by atoms with Gasteiger partial charge in [0.25, 0.3) is 0 Å². The number of anilines is 1. The van der Waals surface area contributed by atoms with Crippen LogP contribution in [-0.2, 0) is 0 Å². The van der Waals surface area contributed by atoms with Crippen molar-refractivity contribution >= 4 is 17.6 Å². The Morgan fingerprint density at radius 2 is 1.83 bits per heavy atom. The van der Waals surface area contributed by atoms with Crippen molar-refractivity contribution in [1.82, 2.24) is 5.32 Å². The van der Waals surface area contributed by atoms with Gasteiger partial charge in [0.1, 0.15) is 0 Å². The lowest BCUT2D eigenvalue weighted by atomic mass is 10.2. The second kappa shape index (κ2) is 6.44. The molecule has 0 saturated carbocycles. The average molecular weight is 247 g/mol. The maximum absolute atomic E-state index is 11.4. The Hall–Kier alpha value is -2.30. The summed E-state index contributed by atoms with van der Waals surface area (Å²) < 4.78 is 0. The number of hydrogen-bond acceptors (Lipinski definition) is 2. The summed E-state index contributed by atoms with van der Waals surface area (Å²) in [6.07, 6.45) is 3.47. The van der Waals surface area contributed by atoms with Gasteiger partial charge in [-0.05, 0) is 30.2 Å². The number of benzene rings is 1. The molecule has 0 aliphatic heterocycles. The van der Waals surface area contributed by atoms with E-state index in [1.54, 1.807) is 30.5 Å². The van der Waals surface area contributed by atoms with Crippen molar-refractivity contribution < 1.29 is 9.59 Å². The molecule has 0 radical (unpaired) electrons. The van der Waals surface area contributed by atoms with Gasteiger partial charge in [-0.25, -0.2) is 4.79 Å². The van der Waals surface area contributed by atoms with Gasteiger partial charge >= 0.3 is 6.03 Å². The Labute approximate surface area is 106 Å². The summed E-state index contributed by atoms with van der Waals surface area (Å²) in [5.41, 5.74) is 6.11. The maximum Gasteiger partial charge on any atom is 0.323 e. The van der Waals surface area contributed by atoms with Crippen LogP contribution in [0, 0.1) is 5.92 Å². The molecule has 0 fully saturated rings. The number of nitrogens with two attached hydrogens (primary N) is 1. The van der Waals surface area contributed by atoms with E-state index in [1.807, 2.05) is 19.9 Å². The predicted molar refractivity (Wildman–Crippen MR) is 71.1 cm³/mol. The molecule has 96 valence electrons. The molecule has 1 rings (SSSR count). The van der Waals surface area contributed by atoms with Gasteiger partial charge in [0, 0.05) is 17.5 Å². The third-order valence-corrected chi connectivity index (χ3v) is 2.12. The molecular weight excluding hydrogens is 230 g/mol. The summed E-state index contributed by atoms with van der Waals surface area (Å²) in [6.45, 7) is 4.03. The van der Waals surface area contributed by atoms with Crippen molar-refractivity contribution in [3.05, 3.63) is 42.1 Å². The second-order valence-corrected chi connectivity index (χ2v) is 4.14. The minimum absolute atomic E-state index is 0.335. The Morgan fingerprint density at radius 3 is 2.33 bits per heavy atom. The van der Waals surface area contributed by atoms with Crippen molar-refractivity contribution in [2.75, 3.05) is 5.32 Å².